The topological polar surface area (TPSA) is 46.0 Å². The number of aromatic nitrogens is 4. The number of nitrogens with zero attached hydrogens (tertiary/aromatic N) is 3. The Morgan fingerprint density at radius 2 is 1.94 bits per heavy atom. The average Bonchev–Trinajstić information content (AvgIpc) is 3.39. The Kier molecular flexibility index (Phi) is 4.18. The van der Waals surface area contributed by atoms with E-state index in [9.17, 15) is 4.39 Å². The monoisotopic (exact) mass is 428 g/mol. The van der Waals surface area contributed by atoms with Gasteiger partial charge in [0.15, 0.2) is 5.65 Å². The molecule has 6 rings (SSSR count). The molecule has 4 nitrogen and oxygen atoms in total. The molecule has 160 valence electrons. The van der Waals surface area contributed by atoms with Gasteiger partial charge in [0.05, 0.1) is 23.3 Å². The summed E-state index contributed by atoms with van der Waals surface area (Å²) in [4.78, 5) is 12.5. The lowest BCUT2D eigenvalue weighted by molar-refractivity contribution is 0.598. The molecule has 1 aliphatic carbocycles. The Bertz CT molecular complexity index is 1490. The fraction of sp³-hybridized carbons (Fsp3) is 0.231. The Hall–Kier alpha value is -3.54. The van der Waals surface area contributed by atoms with Gasteiger partial charge in [-0.2, -0.15) is 0 Å². The van der Waals surface area contributed by atoms with E-state index in [1.165, 1.54) is 6.07 Å². The molecular formula is C26H22F2N4. The van der Waals surface area contributed by atoms with Crippen molar-refractivity contribution in [1.29, 1.82) is 0 Å². The van der Waals surface area contributed by atoms with Gasteiger partial charge in [-0.15, -0.1) is 0 Å². The maximum atomic E-state index is 15.5. The lowest BCUT2D eigenvalue weighted by Gasteiger charge is -2.11. The van der Waals surface area contributed by atoms with Crippen LogP contribution in [0.3, 0.4) is 0 Å². The van der Waals surface area contributed by atoms with Gasteiger partial charge in [0.25, 0.3) is 0 Å². The standard InChI is InChI=1S/C26H22F2N4/c1-14(2)19-11-16(5-7-20(19)27)22-13-32-23(12-30-22)31-25(15-3-4-15)26(32)18-6-8-21-17(24(18)28)9-10-29-21/h5-15,29H,3-4H2,1-2H3. The van der Waals surface area contributed by atoms with Gasteiger partial charge < -0.3 is 4.98 Å². The molecule has 0 spiro atoms. The molecule has 2 aromatic carbocycles. The second-order valence-electron chi connectivity index (χ2n) is 8.88. The lowest BCUT2D eigenvalue weighted by atomic mass is 9.99. The number of imidazole rings is 1. The third-order valence-electron chi connectivity index (χ3n) is 6.34. The van der Waals surface area contributed by atoms with Gasteiger partial charge in [0, 0.05) is 40.3 Å². The van der Waals surface area contributed by atoms with Crippen molar-refractivity contribution in [2.45, 2.75) is 38.5 Å². The molecule has 0 radical (unpaired) electrons. The first-order valence-electron chi connectivity index (χ1n) is 10.9. The highest BCUT2D eigenvalue weighted by Crippen LogP contribution is 2.45. The van der Waals surface area contributed by atoms with Crippen LogP contribution in [0.15, 0.2) is 55.0 Å². The van der Waals surface area contributed by atoms with E-state index in [1.807, 2.05) is 42.6 Å². The maximum Gasteiger partial charge on any atom is 0.156 e. The third-order valence-corrected chi connectivity index (χ3v) is 6.34. The third kappa shape index (κ3) is 2.93. The van der Waals surface area contributed by atoms with Gasteiger partial charge in [-0.05, 0) is 60.7 Å². The molecule has 1 aliphatic rings. The van der Waals surface area contributed by atoms with E-state index >= 15 is 4.39 Å². The number of rotatable bonds is 4. The largest absolute Gasteiger partial charge is 0.361 e. The van der Waals surface area contributed by atoms with Crippen molar-refractivity contribution in [3.63, 3.8) is 0 Å². The van der Waals surface area contributed by atoms with Crippen LogP contribution < -0.4 is 0 Å². The van der Waals surface area contributed by atoms with Crippen LogP contribution >= 0.6 is 0 Å². The van der Waals surface area contributed by atoms with Crippen LogP contribution in [0.25, 0.3) is 39.1 Å². The molecule has 0 atom stereocenters. The highest BCUT2D eigenvalue weighted by atomic mass is 19.1. The summed E-state index contributed by atoms with van der Waals surface area (Å²) in [5.41, 5.74) is 5.85. The average molecular weight is 428 g/mol. The van der Waals surface area contributed by atoms with Crippen molar-refractivity contribution in [2.75, 3.05) is 0 Å². The summed E-state index contributed by atoms with van der Waals surface area (Å²) < 4.78 is 31.7. The molecule has 0 saturated heterocycles. The SMILES string of the molecule is CC(C)c1cc(-c2cn3c(-c4ccc5[nH]ccc5c4F)c(C4CC4)nc3cn2)ccc1F. The van der Waals surface area contributed by atoms with Gasteiger partial charge in [-0.1, -0.05) is 13.8 Å². The number of nitrogens with one attached hydrogen (secondary N) is 1. The predicted octanol–water partition coefficient (Wildman–Crippen LogP) is 6.82. The number of fused-ring (bicyclic) bond motifs is 2. The number of benzene rings is 2. The van der Waals surface area contributed by atoms with Crippen LogP contribution in [0.4, 0.5) is 8.78 Å². The van der Waals surface area contributed by atoms with Crippen molar-refractivity contribution in [2.24, 2.45) is 0 Å². The smallest absolute Gasteiger partial charge is 0.156 e. The second-order valence-corrected chi connectivity index (χ2v) is 8.88. The number of H-pyrrole nitrogens is 1. The highest BCUT2D eigenvalue weighted by Gasteiger charge is 2.32. The van der Waals surface area contributed by atoms with Crippen LogP contribution in [0.1, 0.15) is 49.8 Å². The molecule has 0 bridgehead atoms. The minimum atomic E-state index is -0.255. The summed E-state index contributed by atoms with van der Waals surface area (Å²) in [6, 6.07) is 10.5. The molecule has 6 heteroatoms. The van der Waals surface area contributed by atoms with E-state index < -0.39 is 0 Å². The molecule has 1 fully saturated rings. The summed E-state index contributed by atoms with van der Waals surface area (Å²) in [5.74, 6) is -0.0695. The normalized spacial score (nSPS) is 14.2. The molecule has 32 heavy (non-hydrogen) atoms. The van der Waals surface area contributed by atoms with E-state index in [4.69, 9.17) is 4.98 Å². The van der Waals surface area contributed by atoms with E-state index in [1.54, 1.807) is 24.5 Å². The molecule has 1 N–H and O–H groups in total. The van der Waals surface area contributed by atoms with Crippen LogP contribution in [0.2, 0.25) is 0 Å². The zero-order chi connectivity index (χ0) is 22.0. The summed E-state index contributed by atoms with van der Waals surface area (Å²) in [6.07, 6.45) is 7.47. The van der Waals surface area contributed by atoms with Crippen molar-refractivity contribution in [3.8, 4) is 22.5 Å². The summed E-state index contributed by atoms with van der Waals surface area (Å²) in [7, 11) is 0. The molecule has 3 heterocycles. The van der Waals surface area contributed by atoms with Crippen LogP contribution in [-0.4, -0.2) is 19.4 Å². The quantitative estimate of drug-likeness (QED) is 0.341. The summed E-state index contributed by atoms with van der Waals surface area (Å²) in [6.45, 7) is 3.93. The van der Waals surface area contributed by atoms with Crippen molar-refractivity contribution >= 4 is 16.6 Å². The van der Waals surface area contributed by atoms with Gasteiger partial charge in [0.2, 0.25) is 0 Å². The molecule has 3 aromatic heterocycles. The number of halogens is 2. The van der Waals surface area contributed by atoms with Gasteiger partial charge in [-0.3, -0.25) is 9.38 Å². The van der Waals surface area contributed by atoms with Crippen molar-refractivity contribution in [3.05, 3.63) is 77.9 Å². The Morgan fingerprint density at radius 3 is 2.72 bits per heavy atom. The van der Waals surface area contributed by atoms with Crippen LogP contribution in [0, 0.1) is 11.6 Å². The Morgan fingerprint density at radius 1 is 1.09 bits per heavy atom. The van der Waals surface area contributed by atoms with E-state index in [-0.39, 0.29) is 17.6 Å². The Labute approximate surface area is 184 Å². The first-order valence-corrected chi connectivity index (χ1v) is 10.9. The van der Waals surface area contributed by atoms with E-state index in [2.05, 4.69) is 9.97 Å². The minimum absolute atomic E-state index is 0.0612. The number of hydrogen-bond donors (Lipinski definition) is 1. The minimum Gasteiger partial charge on any atom is -0.361 e. The Balaban J connectivity index is 1.59. The number of hydrogen-bond acceptors (Lipinski definition) is 2. The van der Waals surface area contributed by atoms with Gasteiger partial charge >= 0.3 is 0 Å². The van der Waals surface area contributed by atoms with Crippen molar-refractivity contribution < 1.29 is 8.78 Å². The molecule has 5 aromatic rings. The molecule has 0 aliphatic heterocycles. The van der Waals surface area contributed by atoms with Crippen LogP contribution in [0.5, 0.6) is 0 Å². The zero-order valence-corrected chi connectivity index (χ0v) is 17.9. The molecule has 1 saturated carbocycles. The first-order chi connectivity index (χ1) is 15.5. The maximum absolute atomic E-state index is 15.5. The van der Waals surface area contributed by atoms with E-state index in [0.717, 1.165) is 35.3 Å². The fourth-order valence-corrected chi connectivity index (χ4v) is 4.46. The highest BCUT2D eigenvalue weighted by molar-refractivity contribution is 5.86. The molecule has 0 amide bonds. The fourth-order valence-electron chi connectivity index (χ4n) is 4.46. The first kappa shape index (κ1) is 19.2. The zero-order valence-electron chi connectivity index (χ0n) is 17.9. The van der Waals surface area contributed by atoms with Crippen LogP contribution in [-0.2, 0) is 0 Å². The van der Waals surface area contributed by atoms with E-state index in [0.29, 0.717) is 33.8 Å². The summed E-state index contributed by atoms with van der Waals surface area (Å²) >= 11 is 0. The molecule has 0 unspecified atom stereocenters. The second kappa shape index (κ2) is 6.99. The van der Waals surface area contributed by atoms with Crippen molar-refractivity contribution in [1.82, 2.24) is 19.4 Å². The lowest BCUT2D eigenvalue weighted by Crippen LogP contribution is -1.98. The predicted molar refractivity (Wildman–Crippen MR) is 122 cm³/mol. The van der Waals surface area contributed by atoms with Gasteiger partial charge in [-0.25, -0.2) is 13.8 Å². The summed E-state index contributed by atoms with van der Waals surface area (Å²) in [5, 5.41) is 0.564. The van der Waals surface area contributed by atoms with Gasteiger partial charge in [0.1, 0.15) is 11.6 Å². The number of aromatic amines is 1. The molecular weight excluding hydrogens is 406 g/mol.